The van der Waals surface area contributed by atoms with Crippen molar-refractivity contribution in [1.82, 2.24) is 0 Å². The van der Waals surface area contributed by atoms with Gasteiger partial charge in [-0.1, -0.05) is 48.9 Å². The molecule has 3 aromatic carbocycles. The van der Waals surface area contributed by atoms with Gasteiger partial charge in [0.25, 0.3) is 11.8 Å². The zero-order valence-electron chi connectivity index (χ0n) is 18.2. The number of imide groups is 1. The Balaban J connectivity index is 1.81. The van der Waals surface area contributed by atoms with E-state index in [-0.39, 0.29) is 17.0 Å². The summed E-state index contributed by atoms with van der Waals surface area (Å²) in [6.45, 7) is 4.39. The predicted molar refractivity (Wildman–Crippen MR) is 128 cm³/mol. The van der Waals surface area contributed by atoms with Crippen LogP contribution in [0.15, 0.2) is 72.4 Å². The fraction of sp³-hybridized carbons (Fsp3) is 0.154. The van der Waals surface area contributed by atoms with Gasteiger partial charge in [-0.25, -0.2) is 9.29 Å². The third-order valence-corrected chi connectivity index (χ3v) is 5.73. The van der Waals surface area contributed by atoms with E-state index in [4.69, 9.17) is 16.3 Å². The first-order valence-corrected chi connectivity index (χ1v) is 10.9. The van der Waals surface area contributed by atoms with Crippen molar-refractivity contribution >= 4 is 40.4 Å². The number of nitrogens with one attached hydrogen (secondary N) is 1. The normalized spacial score (nSPS) is 13.6. The summed E-state index contributed by atoms with van der Waals surface area (Å²) in [5, 5.41) is 3.59. The predicted octanol–water partition coefficient (Wildman–Crippen LogP) is 5.97. The summed E-state index contributed by atoms with van der Waals surface area (Å²) >= 11 is 6.24. The van der Waals surface area contributed by atoms with Gasteiger partial charge in [0.15, 0.2) is 0 Å². The van der Waals surface area contributed by atoms with E-state index in [1.807, 2.05) is 6.92 Å². The van der Waals surface area contributed by atoms with Crippen molar-refractivity contribution in [2.45, 2.75) is 20.3 Å². The smallest absolute Gasteiger partial charge is 0.282 e. The minimum absolute atomic E-state index is 0.0517. The number of benzene rings is 3. The van der Waals surface area contributed by atoms with Gasteiger partial charge < -0.3 is 10.1 Å². The van der Waals surface area contributed by atoms with Crippen LogP contribution in [0.25, 0.3) is 5.57 Å². The van der Waals surface area contributed by atoms with Gasteiger partial charge in [-0.05, 0) is 60.9 Å². The van der Waals surface area contributed by atoms with E-state index >= 15 is 0 Å². The van der Waals surface area contributed by atoms with Crippen LogP contribution in [0, 0.1) is 12.7 Å². The van der Waals surface area contributed by atoms with Crippen LogP contribution in [-0.4, -0.2) is 18.4 Å². The molecule has 0 unspecified atom stereocenters. The maximum atomic E-state index is 14.5. The molecule has 168 valence electrons. The van der Waals surface area contributed by atoms with Crippen molar-refractivity contribution in [3.05, 3.63) is 94.4 Å². The highest BCUT2D eigenvalue weighted by molar-refractivity contribution is 6.46. The molecule has 0 aromatic heterocycles. The average molecular weight is 465 g/mol. The van der Waals surface area contributed by atoms with E-state index in [0.29, 0.717) is 28.6 Å². The van der Waals surface area contributed by atoms with E-state index in [0.717, 1.165) is 16.9 Å². The molecule has 1 aliphatic rings. The van der Waals surface area contributed by atoms with Crippen molar-refractivity contribution in [2.75, 3.05) is 16.8 Å². The molecule has 1 N–H and O–H groups in total. The van der Waals surface area contributed by atoms with E-state index in [1.54, 1.807) is 55.5 Å². The molecule has 0 saturated heterocycles. The van der Waals surface area contributed by atoms with Gasteiger partial charge in [-0.3, -0.25) is 9.59 Å². The van der Waals surface area contributed by atoms with Crippen LogP contribution in [0.1, 0.15) is 24.5 Å². The third kappa shape index (κ3) is 4.34. The molecule has 0 fully saturated rings. The van der Waals surface area contributed by atoms with Gasteiger partial charge >= 0.3 is 0 Å². The van der Waals surface area contributed by atoms with E-state index < -0.39 is 17.6 Å². The number of rotatable bonds is 7. The fourth-order valence-electron chi connectivity index (χ4n) is 3.58. The Hall–Kier alpha value is -3.64. The van der Waals surface area contributed by atoms with Crippen LogP contribution in [0.4, 0.5) is 15.8 Å². The largest absolute Gasteiger partial charge is 0.494 e. The van der Waals surface area contributed by atoms with Crippen molar-refractivity contribution < 1.29 is 18.7 Å². The number of carbonyl (C=O) groups is 2. The van der Waals surface area contributed by atoms with Crippen molar-refractivity contribution in [1.29, 1.82) is 0 Å². The first kappa shape index (κ1) is 22.6. The second-order valence-electron chi connectivity index (χ2n) is 7.56. The first-order chi connectivity index (χ1) is 15.9. The zero-order chi connectivity index (χ0) is 23.5. The number of hydrogen-bond acceptors (Lipinski definition) is 4. The summed E-state index contributed by atoms with van der Waals surface area (Å²) in [7, 11) is 0. The van der Waals surface area contributed by atoms with E-state index in [1.165, 1.54) is 18.2 Å². The highest BCUT2D eigenvalue weighted by Gasteiger charge is 2.41. The second-order valence-corrected chi connectivity index (χ2v) is 7.96. The summed E-state index contributed by atoms with van der Waals surface area (Å²) < 4.78 is 20.2. The summed E-state index contributed by atoms with van der Waals surface area (Å²) in [6, 6.07) is 17.8. The van der Waals surface area contributed by atoms with Crippen LogP contribution < -0.4 is 15.0 Å². The number of amides is 2. The Bertz CT molecular complexity index is 1250. The lowest BCUT2D eigenvalue weighted by atomic mass is 10.0. The molecule has 0 radical (unpaired) electrons. The Morgan fingerprint density at radius 2 is 1.70 bits per heavy atom. The number of para-hydroxylation sites is 1. The minimum atomic E-state index is -0.665. The third-order valence-electron chi connectivity index (χ3n) is 5.32. The van der Waals surface area contributed by atoms with Gasteiger partial charge in [0, 0.05) is 10.7 Å². The molecule has 0 saturated carbocycles. The molecule has 33 heavy (non-hydrogen) atoms. The molecule has 2 amide bonds. The van der Waals surface area contributed by atoms with E-state index in [9.17, 15) is 14.0 Å². The molecule has 3 aromatic rings. The molecule has 1 aliphatic heterocycles. The topological polar surface area (TPSA) is 58.6 Å². The Labute approximate surface area is 196 Å². The summed E-state index contributed by atoms with van der Waals surface area (Å²) in [5.74, 6) is -1.27. The second kappa shape index (κ2) is 9.46. The molecule has 5 nitrogen and oxygen atoms in total. The van der Waals surface area contributed by atoms with Gasteiger partial charge in [0.1, 0.15) is 17.3 Å². The number of nitrogens with zero attached hydrogens (tertiary/aromatic N) is 1. The number of carbonyl (C=O) groups excluding carboxylic acids is 2. The molecule has 0 spiro atoms. The van der Waals surface area contributed by atoms with Crippen LogP contribution in [0.2, 0.25) is 5.02 Å². The molecule has 0 bridgehead atoms. The highest BCUT2D eigenvalue weighted by Crippen LogP contribution is 2.36. The maximum absolute atomic E-state index is 14.5. The monoisotopic (exact) mass is 464 g/mol. The van der Waals surface area contributed by atoms with E-state index in [2.05, 4.69) is 5.32 Å². The lowest BCUT2D eigenvalue weighted by Crippen LogP contribution is -2.33. The summed E-state index contributed by atoms with van der Waals surface area (Å²) in [6.07, 6.45) is 0.866. The summed E-state index contributed by atoms with van der Waals surface area (Å²) in [5.41, 5.74) is 1.90. The van der Waals surface area contributed by atoms with Crippen molar-refractivity contribution in [3.63, 3.8) is 0 Å². The van der Waals surface area contributed by atoms with Crippen LogP contribution in [0.5, 0.6) is 5.75 Å². The number of ether oxygens (including phenoxy) is 1. The molecule has 7 heteroatoms. The van der Waals surface area contributed by atoms with Gasteiger partial charge in [-0.2, -0.15) is 0 Å². The molecular formula is C26H22ClFN2O3. The molecule has 1 heterocycles. The SMILES string of the molecule is CCCOc1ccc(C2=C(Nc3cccc(Cl)c3C)C(=O)N(c3ccccc3F)C2=O)cc1. The molecule has 4 rings (SSSR count). The molecule has 0 aliphatic carbocycles. The number of hydrogen-bond donors (Lipinski definition) is 1. The quantitative estimate of drug-likeness (QED) is 0.437. The molecular weight excluding hydrogens is 443 g/mol. The first-order valence-electron chi connectivity index (χ1n) is 10.5. The molecule has 0 atom stereocenters. The summed E-state index contributed by atoms with van der Waals surface area (Å²) in [4.78, 5) is 27.7. The fourth-order valence-corrected chi connectivity index (χ4v) is 3.76. The van der Waals surface area contributed by atoms with Gasteiger partial charge in [0.2, 0.25) is 0 Å². The maximum Gasteiger partial charge on any atom is 0.282 e. The zero-order valence-corrected chi connectivity index (χ0v) is 18.9. The van der Waals surface area contributed by atoms with Gasteiger partial charge in [-0.15, -0.1) is 0 Å². The number of halogens is 2. The highest BCUT2D eigenvalue weighted by atomic mass is 35.5. The Morgan fingerprint density at radius 3 is 2.39 bits per heavy atom. The standard InChI is InChI=1S/C26H22ClFN2O3/c1-3-15-33-18-13-11-17(12-14-18)23-24(29-21-9-6-7-19(27)16(21)2)26(32)30(25(23)31)22-10-5-4-8-20(22)28/h4-14,29H,3,15H2,1-2H3. The minimum Gasteiger partial charge on any atom is -0.494 e. The van der Waals surface area contributed by atoms with Crippen LogP contribution in [0.3, 0.4) is 0 Å². The van der Waals surface area contributed by atoms with Crippen LogP contribution in [-0.2, 0) is 9.59 Å². The Morgan fingerprint density at radius 1 is 0.970 bits per heavy atom. The van der Waals surface area contributed by atoms with Crippen molar-refractivity contribution in [2.24, 2.45) is 0 Å². The lowest BCUT2D eigenvalue weighted by molar-refractivity contribution is -0.120. The van der Waals surface area contributed by atoms with Crippen LogP contribution >= 0.6 is 11.6 Å². The van der Waals surface area contributed by atoms with Gasteiger partial charge in [0.05, 0.1) is 17.9 Å². The average Bonchev–Trinajstić information content (AvgIpc) is 3.05. The Kier molecular flexibility index (Phi) is 6.47. The van der Waals surface area contributed by atoms with Crippen molar-refractivity contribution in [3.8, 4) is 5.75 Å². The number of anilines is 2. The lowest BCUT2D eigenvalue weighted by Gasteiger charge is -2.16.